The Morgan fingerprint density at radius 3 is 2.46 bits per heavy atom. The van der Waals surface area contributed by atoms with E-state index in [1.54, 1.807) is 18.2 Å². The average molecular weight is 379 g/mol. The Kier molecular flexibility index (Phi) is 5.29. The molecular weight excluding hydrogens is 362 g/mol. The van der Waals surface area contributed by atoms with E-state index in [1.807, 2.05) is 6.07 Å². The fourth-order valence-corrected chi connectivity index (χ4v) is 2.77. The van der Waals surface area contributed by atoms with Gasteiger partial charge in [-0.15, -0.1) is 0 Å². The number of esters is 1. The zero-order chi connectivity index (χ0) is 18.6. The number of hydrogen-bond acceptors (Lipinski definition) is 7. The summed E-state index contributed by atoms with van der Waals surface area (Å²) >= 11 is 0. The van der Waals surface area contributed by atoms with Crippen molar-refractivity contribution in [3.63, 3.8) is 0 Å². The van der Waals surface area contributed by atoms with Gasteiger partial charge in [0.25, 0.3) is 0 Å². The van der Waals surface area contributed by atoms with Crippen LogP contribution in [-0.2, 0) is 19.6 Å². The van der Waals surface area contributed by atoms with Gasteiger partial charge in [0.2, 0.25) is 16.1 Å². The Balaban J connectivity index is 1.43. The zero-order valence-corrected chi connectivity index (χ0v) is 14.5. The van der Waals surface area contributed by atoms with Crippen molar-refractivity contribution in [2.75, 3.05) is 19.8 Å². The number of carbonyl (C=O) groups excluding carboxylic acids is 1. The van der Waals surface area contributed by atoms with Gasteiger partial charge in [-0.3, -0.25) is 0 Å². The number of primary sulfonamides is 1. The number of benzene rings is 2. The lowest BCUT2D eigenvalue weighted by Gasteiger charge is -2.24. The number of para-hydroxylation sites is 2. The van der Waals surface area contributed by atoms with Crippen LogP contribution in [-0.4, -0.2) is 40.3 Å². The summed E-state index contributed by atoms with van der Waals surface area (Å²) in [5, 5.41) is 5.01. The van der Waals surface area contributed by atoms with Crippen molar-refractivity contribution < 1.29 is 32.2 Å². The van der Waals surface area contributed by atoms with Crippen LogP contribution >= 0.6 is 0 Å². The summed E-state index contributed by atoms with van der Waals surface area (Å²) in [6.07, 6.45) is -0.834. The molecule has 0 bridgehead atoms. The first-order valence-corrected chi connectivity index (χ1v) is 9.29. The van der Waals surface area contributed by atoms with E-state index >= 15 is 0 Å². The van der Waals surface area contributed by atoms with Crippen molar-refractivity contribution in [1.82, 2.24) is 0 Å². The van der Waals surface area contributed by atoms with Gasteiger partial charge in [-0.05, 0) is 36.4 Å². The molecule has 0 unspecified atom stereocenters. The largest absolute Gasteiger partial charge is 0.490 e. The van der Waals surface area contributed by atoms with Crippen LogP contribution in [0.1, 0.15) is 0 Å². The Bertz CT molecular complexity index is 880. The lowest BCUT2D eigenvalue weighted by molar-refractivity contribution is -0.155. The molecule has 0 saturated heterocycles. The minimum atomic E-state index is -3.74. The number of carbonyl (C=O) groups is 1. The second-order valence-electron chi connectivity index (χ2n) is 5.40. The maximum atomic E-state index is 12.0. The molecule has 1 atom stereocenters. The van der Waals surface area contributed by atoms with Crippen LogP contribution in [0.25, 0.3) is 0 Å². The van der Waals surface area contributed by atoms with Gasteiger partial charge in [0.05, 0.1) is 4.90 Å². The minimum Gasteiger partial charge on any atom is -0.490 e. The summed E-state index contributed by atoms with van der Waals surface area (Å²) in [5.74, 6) is 0.960. The molecule has 1 aliphatic rings. The van der Waals surface area contributed by atoms with Crippen LogP contribution in [0.3, 0.4) is 0 Å². The van der Waals surface area contributed by atoms with Gasteiger partial charge < -0.3 is 18.9 Å². The van der Waals surface area contributed by atoms with E-state index in [1.165, 1.54) is 24.3 Å². The van der Waals surface area contributed by atoms with Crippen LogP contribution < -0.4 is 19.3 Å². The van der Waals surface area contributed by atoms with E-state index in [4.69, 9.17) is 24.1 Å². The third-order valence-electron chi connectivity index (χ3n) is 3.52. The van der Waals surface area contributed by atoms with Gasteiger partial charge in [-0.1, -0.05) is 12.1 Å². The highest BCUT2D eigenvalue weighted by Gasteiger charge is 2.28. The molecule has 2 N–H and O–H groups in total. The van der Waals surface area contributed by atoms with E-state index < -0.39 is 22.1 Å². The van der Waals surface area contributed by atoms with E-state index in [9.17, 15) is 13.2 Å². The maximum Gasteiger partial charge on any atom is 0.351 e. The number of ether oxygens (including phenoxy) is 4. The first-order chi connectivity index (χ1) is 12.4. The highest BCUT2D eigenvalue weighted by molar-refractivity contribution is 7.89. The van der Waals surface area contributed by atoms with Gasteiger partial charge in [-0.2, -0.15) is 0 Å². The number of hydrogen-bond donors (Lipinski definition) is 1. The second-order valence-corrected chi connectivity index (χ2v) is 6.96. The van der Waals surface area contributed by atoms with Crippen molar-refractivity contribution in [2.24, 2.45) is 5.14 Å². The van der Waals surface area contributed by atoms with Gasteiger partial charge >= 0.3 is 5.97 Å². The summed E-state index contributed by atoms with van der Waals surface area (Å²) in [4.78, 5) is 12.0. The molecule has 0 spiro atoms. The Morgan fingerprint density at radius 1 is 1.08 bits per heavy atom. The predicted molar refractivity (Wildman–Crippen MR) is 90.6 cm³/mol. The molecule has 0 fully saturated rings. The van der Waals surface area contributed by atoms with Crippen molar-refractivity contribution in [2.45, 2.75) is 11.0 Å². The van der Waals surface area contributed by atoms with Crippen LogP contribution in [0.5, 0.6) is 17.2 Å². The number of fused-ring (bicyclic) bond motifs is 1. The summed E-state index contributed by atoms with van der Waals surface area (Å²) < 4.78 is 43.8. The monoisotopic (exact) mass is 379 g/mol. The van der Waals surface area contributed by atoms with Crippen molar-refractivity contribution >= 4 is 16.0 Å². The Morgan fingerprint density at radius 2 is 1.77 bits per heavy atom. The number of rotatable bonds is 6. The van der Waals surface area contributed by atoms with Gasteiger partial charge in [0.15, 0.2) is 11.5 Å². The van der Waals surface area contributed by atoms with E-state index in [0.717, 1.165) is 0 Å². The minimum absolute atomic E-state index is 0.00833. The molecule has 8 nitrogen and oxygen atoms in total. The van der Waals surface area contributed by atoms with Crippen molar-refractivity contribution in [3.05, 3.63) is 48.5 Å². The standard InChI is InChI=1S/C17H17NO7S/c18-26(20,21)13-7-5-12(6-8-13)22-9-10-23-17(19)16-11-24-14-3-1-2-4-15(14)25-16/h1-8,16H,9-11H2,(H2,18,20,21)/t16-/m1/s1. The van der Waals surface area contributed by atoms with E-state index in [2.05, 4.69) is 0 Å². The zero-order valence-electron chi connectivity index (χ0n) is 13.7. The molecule has 9 heteroatoms. The fraction of sp³-hybridized carbons (Fsp3) is 0.235. The number of nitrogens with two attached hydrogens (primary N) is 1. The molecule has 0 aliphatic carbocycles. The molecule has 1 heterocycles. The molecule has 2 aromatic rings. The average Bonchev–Trinajstić information content (AvgIpc) is 2.64. The topological polar surface area (TPSA) is 114 Å². The first-order valence-electron chi connectivity index (χ1n) is 7.74. The molecule has 138 valence electrons. The number of sulfonamides is 1. The van der Waals surface area contributed by atoms with Crippen LogP contribution in [0.4, 0.5) is 0 Å². The molecule has 1 aliphatic heterocycles. The lowest BCUT2D eigenvalue weighted by atomic mass is 10.2. The first kappa shape index (κ1) is 18.0. The summed E-state index contributed by atoms with van der Waals surface area (Å²) in [7, 11) is -3.74. The van der Waals surface area contributed by atoms with Gasteiger partial charge in [-0.25, -0.2) is 18.4 Å². The normalized spacial score (nSPS) is 16.0. The molecule has 0 aromatic heterocycles. The molecule has 2 aromatic carbocycles. The smallest absolute Gasteiger partial charge is 0.351 e. The predicted octanol–water partition coefficient (Wildman–Crippen LogP) is 1.10. The molecule has 0 saturated carbocycles. The SMILES string of the molecule is NS(=O)(=O)c1ccc(OCCOC(=O)[C@H]2COc3ccccc3O2)cc1. The van der Waals surface area contributed by atoms with Crippen LogP contribution in [0, 0.1) is 0 Å². The third kappa shape index (κ3) is 4.44. The van der Waals surface area contributed by atoms with Gasteiger partial charge in [0.1, 0.15) is 25.6 Å². The van der Waals surface area contributed by atoms with E-state index in [-0.39, 0.29) is 24.7 Å². The maximum absolute atomic E-state index is 12.0. The van der Waals surface area contributed by atoms with Gasteiger partial charge in [0, 0.05) is 0 Å². The third-order valence-corrected chi connectivity index (χ3v) is 4.45. The van der Waals surface area contributed by atoms with Crippen LogP contribution in [0.2, 0.25) is 0 Å². The highest BCUT2D eigenvalue weighted by Crippen LogP contribution is 2.31. The van der Waals surface area contributed by atoms with E-state index in [0.29, 0.717) is 17.2 Å². The highest BCUT2D eigenvalue weighted by atomic mass is 32.2. The second kappa shape index (κ2) is 7.63. The molecule has 3 rings (SSSR count). The summed E-state index contributed by atoms with van der Waals surface area (Å²) in [6, 6.07) is 12.7. The Hall–Kier alpha value is -2.78. The summed E-state index contributed by atoms with van der Waals surface area (Å²) in [5.41, 5.74) is 0. The Labute approximate surface area is 150 Å². The molecule has 0 radical (unpaired) electrons. The van der Waals surface area contributed by atoms with Crippen LogP contribution in [0.15, 0.2) is 53.4 Å². The molecule has 0 amide bonds. The fourth-order valence-electron chi connectivity index (χ4n) is 2.26. The van der Waals surface area contributed by atoms with Crippen molar-refractivity contribution in [1.29, 1.82) is 0 Å². The quantitative estimate of drug-likeness (QED) is 0.590. The summed E-state index contributed by atoms with van der Waals surface area (Å²) in [6.45, 7) is 0.188. The molecular formula is C17H17NO7S. The molecule has 26 heavy (non-hydrogen) atoms. The van der Waals surface area contributed by atoms with Crippen molar-refractivity contribution in [3.8, 4) is 17.2 Å². The lowest BCUT2D eigenvalue weighted by Crippen LogP contribution is -2.38.